The first-order valence-electron chi connectivity index (χ1n) is 11.3. The molecule has 4 rings (SSSR count). The van der Waals surface area contributed by atoms with E-state index in [1.165, 1.54) is 4.90 Å². The van der Waals surface area contributed by atoms with Crippen LogP contribution < -0.4 is 19.7 Å². The van der Waals surface area contributed by atoms with Gasteiger partial charge in [-0.05, 0) is 48.7 Å². The predicted molar refractivity (Wildman–Crippen MR) is 134 cm³/mol. The number of rotatable bonds is 8. The van der Waals surface area contributed by atoms with Gasteiger partial charge < -0.3 is 14.8 Å². The third-order valence-electron chi connectivity index (χ3n) is 5.72. The van der Waals surface area contributed by atoms with Crippen molar-refractivity contribution in [2.45, 2.75) is 26.7 Å². The van der Waals surface area contributed by atoms with E-state index in [2.05, 4.69) is 19.2 Å². The number of ether oxygens (including phenoxy) is 2. The van der Waals surface area contributed by atoms with E-state index in [0.29, 0.717) is 41.0 Å². The molecule has 2 amide bonds. The molecule has 0 atom stereocenters. The Kier molecular flexibility index (Phi) is 6.68. The number of nitrogens with zero attached hydrogens (tertiary/aromatic N) is 1. The second-order valence-corrected chi connectivity index (χ2v) is 8.20. The van der Waals surface area contributed by atoms with Crippen molar-refractivity contribution < 1.29 is 19.1 Å². The van der Waals surface area contributed by atoms with Crippen molar-refractivity contribution in [2.75, 3.05) is 23.9 Å². The van der Waals surface area contributed by atoms with Crippen LogP contribution in [-0.4, -0.2) is 25.5 Å². The Labute approximate surface area is 199 Å². The molecule has 0 unspecified atom stereocenters. The number of benzene rings is 3. The summed E-state index contributed by atoms with van der Waals surface area (Å²) >= 11 is 0. The Bertz CT molecular complexity index is 1250. The van der Waals surface area contributed by atoms with Gasteiger partial charge in [0, 0.05) is 5.56 Å². The van der Waals surface area contributed by atoms with Crippen molar-refractivity contribution in [2.24, 2.45) is 0 Å². The number of amides is 2. The van der Waals surface area contributed by atoms with Crippen molar-refractivity contribution in [1.82, 2.24) is 0 Å². The molecule has 0 spiro atoms. The van der Waals surface area contributed by atoms with Gasteiger partial charge in [-0.1, -0.05) is 56.3 Å². The summed E-state index contributed by atoms with van der Waals surface area (Å²) in [5, 5.41) is 3.19. The lowest BCUT2D eigenvalue weighted by atomic mass is 10.0. The summed E-state index contributed by atoms with van der Waals surface area (Å²) in [7, 11) is 1.54. The molecule has 1 N–H and O–H groups in total. The second-order valence-electron chi connectivity index (χ2n) is 8.20. The lowest BCUT2D eigenvalue weighted by molar-refractivity contribution is -0.120. The Hall–Kier alpha value is -4.06. The molecule has 1 heterocycles. The highest BCUT2D eigenvalue weighted by atomic mass is 16.5. The molecule has 1 aliphatic heterocycles. The van der Waals surface area contributed by atoms with Gasteiger partial charge in [-0.2, -0.15) is 0 Å². The standard InChI is InChI=1S/C28H28N2O4/c1-5-34-24-13-9-7-11-22(24)29-26-25(21-10-6-8-12-23(21)33-4)27(31)30(28(26)32)20-16-14-19(15-17-20)18(2)3/h6-18,29H,5H2,1-4H3. The molecule has 3 aromatic carbocycles. The molecule has 6 nitrogen and oxygen atoms in total. The van der Waals surface area contributed by atoms with Gasteiger partial charge in [-0.15, -0.1) is 0 Å². The molecule has 34 heavy (non-hydrogen) atoms. The van der Waals surface area contributed by atoms with Crippen LogP contribution in [0.25, 0.3) is 5.57 Å². The van der Waals surface area contributed by atoms with Crippen LogP contribution in [0.5, 0.6) is 11.5 Å². The minimum Gasteiger partial charge on any atom is -0.496 e. The average Bonchev–Trinajstić information content (AvgIpc) is 3.09. The molecule has 0 saturated heterocycles. The van der Waals surface area contributed by atoms with Gasteiger partial charge in [-0.3, -0.25) is 9.59 Å². The van der Waals surface area contributed by atoms with Crippen LogP contribution in [-0.2, 0) is 9.59 Å². The molecule has 174 valence electrons. The van der Waals surface area contributed by atoms with Gasteiger partial charge in [-0.25, -0.2) is 4.90 Å². The van der Waals surface area contributed by atoms with E-state index in [1.807, 2.05) is 67.6 Å². The van der Waals surface area contributed by atoms with Crippen LogP contribution in [0.1, 0.15) is 37.8 Å². The van der Waals surface area contributed by atoms with Crippen LogP contribution in [0.4, 0.5) is 11.4 Å². The number of methoxy groups -OCH3 is 1. The summed E-state index contributed by atoms with van der Waals surface area (Å²) in [4.78, 5) is 28.6. The molecule has 0 aromatic heterocycles. The maximum atomic E-state index is 13.7. The molecule has 3 aromatic rings. The smallest absolute Gasteiger partial charge is 0.282 e. The highest BCUT2D eigenvalue weighted by Crippen LogP contribution is 2.38. The normalized spacial score (nSPS) is 13.6. The van der Waals surface area contributed by atoms with Crippen molar-refractivity contribution in [3.63, 3.8) is 0 Å². The Balaban J connectivity index is 1.83. The van der Waals surface area contributed by atoms with Crippen LogP contribution in [0.3, 0.4) is 0 Å². The Morgan fingerprint density at radius 2 is 1.50 bits per heavy atom. The van der Waals surface area contributed by atoms with Crippen LogP contribution in [0.2, 0.25) is 0 Å². The topological polar surface area (TPSA) is 67.9 Å². The average molecular weight is 457 g/mol. The van der Waals surface area contributed by atoms with Crippen molar-refractivity contribution >= 4 is 28.8 Å². The summed E-state index contributed by atoms with van der Waals surface area (Å²) in [6.07, 6.45) is 0. The second kappa shape index (κ2) is 9.83. The first-order valence-corrected chi connectivity index (χ1v) is 11.3. The van der Waals surface area contributed by atoms with Crippen LogP contribution in [0.15, 0.2) is 78.5 Å². The van der Waals surface area contributed by atoms with Gasteiger partial charge in [0.25, 0.3) is 11.8 Å². The third kappa shape index (κ3) is 4.27. The largest absolute Gasteiger partial charge is 0.496 e. The maximum absolute atomic E-state index is 13.7. The number of hydrogen-bond donors (Lipinski definition) is 1. The quantitative estimate of drug-likeness (QED) is 0.446. The van der Waals surface area contributed by atoms with Gasteiger partial charge in [0.15, 0.2) is 0 Å². The van der Waals surface area contributed by atoms with Gasteiger partial charge in [0.1, 0.15) is 17.2 Å². The molecule has 0 bridgehead atoms. The Morgan fingerprint density at radius 3 is 2.15 bits per heavy atom. The van der Waals surface area contributed by atoms with Gasteiger partial charge >= 0.3 is 0 Å². The van der Waals surface area contributed by atoms with E-state index in [1.54, 1.807) is 19.2 Å². The monoisotopic (exact) mass is 456 g/mol. The van der Waals surface area contributed by atoms with Gasteiger partial charge in [0.2, 0.25) is 0 Å². The SMILES string of the molecule is CCOc1ccccc1NC1=C(c2ccccc2OC)C(=O)N(c2ccc(C(C)C)cc2)C1=O. The fourth-order valence-electron chi connectivity index (χ4n) is 3.98. The Morgan fingerprint density at radius 1 is 0.853 bits per heavy atom. The molecule has 1 aliphatic rings. The maximum Gasteiger partial charge on any atom is 0.282 e. The van der Waals surface area contributed by atoms with Crippen LogP contribution >= 0.6 is 0 Å². The van der Waals surface area contributed by atoms with E-state index in [0.717, 1.165) is 5.56 Å². The van der Waals surface area contributed by atoms with Crippen molar-refractivity contribution in [1.29, 1.82) is 0 Å². The summed E-state index contributed by atoms with van der Waals surface area (Å²) in [5.41, 5.74) is 3.22. The summed E-state index contributed by atoms with van der Waals surface area (Å²) in [6, 6.07) is 22.0. The highest BCUT2D eigenvalue weighted by molar-refractivity contribution is 6.46. The van der Waals surface area contributed by atoms with Crippen molar-refractivity contribution in [3.8, 4) is 11.5 Å². The van der Waals surface area contributed by atoms with E-state index in [-0.39, 0.29) is 11.3 Å². The summed E-state index contributed by atoms with van der Waals surface area (Å²) in [6.45, 7) is 6.56. The number of carbonyl (C=O) groups excluding carboxylic acids is 2. The fourth-order valence-corrected chi connectivity index (χ4v) is 3.98. The van der Waals surface area contributed by atoms with E-state index >= 15 is 0 Å². The molecular formula is C28H28N2O4. The molecule has 0 aliphatic carbocycles. The number of carbonyl (C=O) groups is 2. The third-order valence-corrected chi connectivity index (χ3v) is 5.72. The minimum atomic E-state index is -0.436. The molecule has 6 heteroatoms. The minimum absolute atomic E-state index is 0.176. The molecule has 0 fully saturated rings. The zero-order chi connectivity index (χ0) is 24.2. The lowest BCUT2D eigenvalue weighted by Crippen LogP contribution is -2.32. The molecule has 0 saturated carbocycles. The van der Waals surface area contributed by atoms with Crippen molar-refractivity contribution in [3.05, 3.63) is 89.6 Å². The molecular weight excluding hydrogens is 428 g/mol. The first kappa shape index (κ1) is 23.1. The van der Waals surface area contributed by atoms with Crippen LogP contribution in [0, 0.1) is 0 Å². The summed E-state index contributed by atoms with van der Waals surface area (Å²) < 4.78 is 11.2. The van der Waals surface area contributed by atoms with E-state index < -0.39 is 11.8 Å². The number of para-hydroxylation sites is 3. The first-order chi connectivity index (χ1) is 16.5. The van der Waals surface area contributed by atoms with Gasteiger partial charge in [0.05, 0.1) is 30.7 Å². The zero-order valence-electron chi connectivity index (χ0n) is 19.8. The lowest BCUT2D eigenvalue weighted by Gasteiger charge is -2.17. The predicted octanol–water partition coefficient (Wildman–Crippen LogP) is 5.61. The number of anilines is 2. The number of hydrogen-bond acceptors (Lipinski definition) is 5. The number of imide groups is 1. The van der Waals surface area contributed by atoms with E-state index in [4.69, 9.17) is 9.47 Å². The number of nitrogens with one attached hydrogen (secondary N) is 1. The highest BCUT2D eigenvalue weighted by Gasteiger charge is 2.41. The van der Waals surface area contributed by atoms with E-state index in [9.17, 15) is 9.59 Å². The summed E-state index contributed by atoms with van der Waals surface area (Å²) in [5.74, 6) is 0.594. The fraction of sp³-hybridized carbons (Fsp3) is 0.214. The molecule has 0 radical (unpaired) electrons. The zero-order valence-corrected chi connectivity index (χ0v) is 19.8.